The Bertz CT molecular complexity index is 255. The minimum absolute atomic E-state index is 0.206. The van der Waals surface area contributed by atoms with Gasteiger partial charge in [0.2, 0.25) is 10.0 Å². The maximum atomic E-state index is 10.7. The summed E-state index contributed by atoms with van der Waals surface area (Å²) in [6, 6.07) is 0. The molecule has 0 rings (SSSR count). The Kier molecular flexibility index (Phi) is 2.63. The molecule has 0 unspecified atom stereocenters. The standard InChI is InChI=1S/C5H13N3O2S/c1-5(2,4(6)7)8-11(3,9)10/h8H,1-3H3,(H3,6,7). The molecule has 0 atom stereocenters. The Balaban J connectivity index is 4.51. The highest BCUT2D eigenvalue weighted by Crippen LogP contribution is 2.01. The van der Waals surface area contributed by atoms with Gasteiger partial charge in [-0.25, -0.2) is 13.1 Å². The van der Waals surface area contributed by atoms with Crippen LogP contribution in [0.1, 0.15) is 13.8 Å². The van der Waals surface area contributed by atoms with Crippen LogP contribution >= 0.6 is 0 Å². The SMILES string of the molecule is CC(C)(NS(C)(=O)=O)C(=N)N. The fourth-order valence-corrected chi connectivity index (χ4v) is 1.56. The minimum Gasteiger partial charge on any atom is -0.386 e. The molecule has 66 valence electrons. The number of rotatable bonds is 3. The molecule has 5 nitrogen and oxygen atoms in total. The zero-order valence-electron chi connectivity index (χ0n) is 6.80. The van der Waals surface area contributed by atoms with Gasteiger partial charge < -0.3 is 5.73 Å². The quantitative estimate of drug-likeness (QED) is 0.393. The third-order valence-electron chi connectivity index (χ3n) is 1.11. The summed E-state index contributed by atoms with van der Waals surface area (Å²) in [6.07, 6.45) is 1.03. The van der Waals surface area contributed by atoms with Gasteiger partial charge in [-0.05, 0) is 13.8 Å². The van der Waals surface area contributed by atoms with E-state index in [2.05, 4.69) is 4.72 Å². The van der Waals surface area contributed by atoms with Gasteiger partial charge in [0, 0.05) is 0 Å². The molecule has 0 aliphatic carbocycles. The molecule has 0 aromatic rings. The first-order valence-corrected chi connectivity index (χ1v) is 4.88. The summed E-state index contributed by atoms with van der Waals surface area (Å²) >= 11 is 0. The van der Waals surface area contributed by atoms with E-state index in [-0.39, 0.29) is 5.84 Å². The van der Waals surface area contributed by atoms with Gasteiger partial charge in [-0.15, -0.1) is 0 Å². The molecule has 0 saturated heterocycles. The van der Waals surface area contributed by atoms with Gasteiger partial charge in [0.25, 0.3) is 0 Å². The lowest BCUT2D eigenvalue weighted by Gasteiger charge is -2.22. The Morgan fingerprint density at radius 3 is 2.00 bits per heavy atom. The monoisotopic (exact) mass is 179 g/mol. The fourth-order valence-electron chi connectivity index (χ4n) is 0.518. The summed E-state index contributed by atoms with van der Waals surface area (Å²) in [5.74, 6) is -0.206. The van der Waals surface area contributed by atoms with Crippen LogP contribution in [0.15, 0.2) is 0 Å². The lowest BCUT2D eigenvalue weighted by Crippen LogP contribution is -2.52. The van der Waals surface area contributed by atoms with E-state index in [1.165, 1.54) is 13.8 Å². The van der Waals surface area contributed by atoms with E-state index in [1.54, 1.807) is 0 Å². The third-order valence-corrected chi connectivity index (χ3v) is 1.99. The largest absolute Gasteiger partial charge is 0.386 e. The number of nitrogens with two attached hydrogens (primary N) is 1. The van der Waals surface area contributed by atoms with Crippen molar-refractivity contribution in [2.24, 2.45) is 5.73 Å². The predicted molar refractivity (Wildman–Crippen MR) is 44.0 cm³/mol. The van der Waals surface area contributed by atoms with Crippen LogP contribution in [0, 0.1) is 5.41 Å². The summed E-state index contributed by atoms with van der Waals surface area (Å²) in [5, 5.41) is 7.03. The van der Waals surface area contributed by atoms with Crippen LogP contribution in [-0.2, 0) is 10.0 Å². The van der Waals surface area contributed by atoms with Crippen LogP contribution in [0.5, 0.6) is 0 Å². The van der Waals surface area contributed by atoms with Gasteiger partial charge in [0.05, 0.1) is 11.8 Å². The van der Waals surface area contributed by atoms with Crippen molar-refractivity contribution in [3.8, 4) is 0 Å². The molecule has 6 heteroatoms. The Hall–Kier alpha value is -0.620. The molecule has 0 radical (unpaired) electrons. The van der Waals surface area contributed by atoms with Gasteiger partial charge >= 0.3 is 0 Å². The normalized spacial score (nSPS) is 13.0. The highest BCUT2D eigenvalue weighted by atomic mass is 32.2. The molecular formula is C5H13N3O2S. The summed E-state index contributed by atoms with van der Waals surface area (Å²) in [6.45, 7) is 3.05. The van der Waals surface area contributed by atoms with Crippen LogP contribution < -0.4 is 10.5 Å². The van der Waals surface area contributed by atoms with E-state index in [0.29, 0.717) is 0 Å². The fraction of sp³-hybridized carbons (Fsp3) is 0.800. The highest BCUT2D eigenvalue weighted by Gasteiger charge is 2.24. The number of nitrogens with one attached hydrogen (secondary N) is 2. The lowest BCUT2D eigenvalue weighted by atomic mass is 10.1. The smallest absolute Gasteiger partial charge is 0.209 e. The molecule has 4 N–H and O–H groups in total. The topological polar surface area (TPSA) is 96.0 Å². The number of hydrogen-bond donors (Lipinski definition) is 3. The Labute approximate surface area is 66.5 Å². The summed E-state index contributed by atoms with van der Waals surface area (Å²) in [7, 11) is -3.30. The minimum atomic E-state index is -3.30. The molecule has 0 aliphatic heterocycles. The first kappa shape index (κ1) is 10.4. The molecule has 0 amide bonds. The van der Waals surface area contributed by atoms with Crippen molar-refractivity contribution in [3.05, 3.63) is 0 Å². The Morgan fingerprint density at radius 1 is 1.55 bits per heavy atom. The number of sulfonamides is 1. The third kappa shape index (κ3) is 3.94. The van der Waals surface area contributed by atoms with E-state index >= 15 is 0 Å². The zero-order valence-corrected chi connectivity index (χ0v) is 7.62. The van der Waals surface area contributed by atoms with Crippen LogP contribution in [0.4, 0.5) is 0 Å². The molecule has 0 saturated carbocycles. The van der Waals surface area contributed by atoms with E-state index < -0.39 is 15.6 Å². The summed E-state index contributed by atoms with van der Waals surface area (Å²) in [5.41, 5.74) is 4.14. The van der Waals surface area contributed by atoms with E-state index in [9.17, 15) is 8.42 Å². The predicted octanol–water partition coefficient (Wildman–Crippen LogP) is -0.750. The second-order valence-corrected chi connectivity index (χ2v) is 4.66. The number of hydrogen-bond acceptors (Lipinski definition) is 3. The van der Waals surface area contributed by atoms with Crippen molar-refractivity contribution in [1.82, 2.24) is 4.72 Å². The van der Waals surface area contributed by atoms with E-state index in [0.717, 1.165) is 6.26 Å². The van der Waals surface area contributed by atoms with Gasteiger partial charge in [0.15, 0.2) is 0 Å². The van der Waals surface area contributed by atoms with Crippen molar-refractivity contribution in [2.75, 3.05) is 6.26 Å². The van der Waals surface area contributed by atoms with Crippen LogP contribution in [0.25, 0.3) is 0 Å². The van der Waals surface area contributed by atoms with Gasteiger partial charge in [-0.2, -0.15) is 0 Å². The molecule has 0 aliphatic rings. The van der Waals surface area contributed by atoms with Gasteiger partial charge in [-0.3, -0.25) is 5.41 Å². The van der Waals surface area contributed by atoms with E-state index in [4.69, 9.17) is 11.1 Å². The van der Waals surface area contributed by atoms with Crippen LogP contribution in [-0.4, -0.2) is 26.0 Å². The summed E-state index contributed by atoms with van der Waals surface area (Å²) < 4.78 is 23.6. The van der Waals surface area contributed by atoms with Gasteiger partial charge in [0.1, 0.15) is 5.84 Å². The van der Waals surface area contributed by atoms with Crippen molar-refractivity contribution in [2.45, 2.75) is 19.4 Å². The molecule has 0 bridgehead atoms. The Morgan fingerprint density at radius 2 is 1.91 bits per heavy atom. The molecule has 0 heterocycles. The molecule has 0 aromatic heterocycles. The maximum absolute atomic E-state index is 10.7. The molecule has 0 fully saturated rings. The second kappa shape index (κ2) is 2.78. The van der Waals surface area contributed by atoms with Crippen molar-refractivity contribution < 1.29 is 8.42 Å². The van der Waals surface area contributed by atoms with E-state index in [1.807, 2.05) is 0 Å². The lowest BCUT2D eigenvalue weighted by molar-refractivity contribution is 0.547. The zero-order chi connectivity index (χ0) is 9.28. The molecular weight excluding hydrogens is 166 g/mol. The van der Waals surface area contributed by atoms with Crippen molar-refractivity contribution in [3.63, 3.8) is 0 Å². The van der Waals surface area contributed by atoms with Gasteiger partial charge in [-0.1, -0.05) is 0 Å². The average Bonchev–Trinajstić information content (AvgIpc) is 1.56. The number of amidine groups is 1. The van der Waals surface area contributed by atoms with Crippen molar-refractivity contribution in [1.29, 1.82) is 5.41 Å². The van der Waals surface area contributed by atoms with Crippen LogP contribution in [0.3, 0.4) is 0 Å². The first-order valence-electron chi connectivity index (χ1n) is 2.98. The second-order valence-electron chi connectivity index (χ2n) is 2.91. The van der Waals surface area contributed by atoms with Crippen LogP contribution in [0.2, 0.25) is 0 Å². The maximum Gasteiger partial charge on any atom is 0.209 e. The molecule has 0 spiro atoms. The average molecular weight is 179 g/mol. The summed E-state index contributed by atoms with van der Waals surface area (Å²) in [4.78, 5) is 0. The molecule has 11 heavy (non-hydrogen) atoms. The first-order chi connectivity index (χ1) is 4.65. The highest BCUT2D eigenvalue weighted by molar-refractivity contribution is 7.88. The molecule has 0 aromatic carbocycles. The van der Waals surface area contributed by atoms with Crippen molar-refractivity contribution >= 4 is 15.9 Å².